The highest BCUT2D eigenvalue weighted by Gasteiger charge is 2.42. The zero-order valence-corrected chi connectivity index (χ0v) is 20.5. The molecule has 3 aromatic rings. The zero-order chi connectivity index (χ0) is 22.1. The van der Waals surface area contributed by atoms with Crippen molar-refractivity contribution in [3.05, 3.63) is 95.1 Å². The average Bonchev–Trinajstić information content (AvgIpc) is 3.44. The van der Waals surface area contributed by atoms with E-state index in [2.05, 4.69) is 113 Å². The molecule has 1 nitrogen and oxygen atoms in total. The lowest BCUT2D eigenvalue weighted by Gasteiger charge is -2.29. The Hall–Kier alpha value is -2.37. The smallest absolute Gasteiger partial charge is 0.0449 e. The second-order valence-electron chi connectivity index (χ2n) is 9.70. The fourth-order valence-corrected chi connectivity index (χ4v) is 6.06. The first-order valence-corrected chi connectivity index (χ1v) is 12.9. The van der Waals surface area contributed by atoms with E-state index in [4.69, 9.17) is 0 Å². The van der Waals surface area contributed by atoms with Crippen LogP contribution in [0.5, 0.6) is 0 Å². The van der Waals surface area contributed by atoms with Crippen LogP contribution in [0.25, 0.3) is 12.2 Å². The number of hydrogen-bond donors (Lipinski definition) is 0. The maximum Gasteiger partial charge on any atom is 0.0449 e. The van der Waals surface area contributed by atoms with Gasteiger partial charge in [0.25, 0.3) is 0 Å². The Kier molecular flexibility index (Phi) is 5.95. The van der Waals surface area contributed by atoms with Gasteiger partial charge < -0.3 is 4.90 Å². The van der Waals surface area contributed by atoms with E-state index in [0.717, 1.165) is 6.16 Å². The van der Waals surface area contributed by atoms with Crippen LogP contribution in [0.3, 0.4) is 0 Å². The van der Waals surface area contributed by atoms with Gasteiger partial charge in [-0.05, 0) is 71.3 Å². The number of anilines is 2. The fraction of sp³-hybridized carbons (Fsp3) is 0.333. The highest BCUT2D eigenvalue weighted by molar-refractivity contribution is 7.16. The number of rotatable bonds is 6. The number of fused-ring (bicyclic) bond motifs is 3. The molecule has 2 aliphatic rings. The van der Waals surface area contributed by atoms with Crippen molar-refractivity contribution in [2.75, 3.05) is 11.1 Å². The lowest BCUT2D eigenvalue weighted by molar-refractivity contribution is 0.515. The Bertz CT molecular complexity index is 1100. The summed E-state index contributed by atoms with van der Waals surface area (Å²) in [6, 6.07) is 27.6. The molecule has 5 rings (SSSR count). The van der Waals surface area contributed by atoms with Gasteiger partial charge in [0.15, 0.2) is 0 Å². The molecule has 0 spiro atoms. The molecule has 1 aliphatic carbocycles. The average molecular weight is 440 g/mol. The third-order valence-corrected chi connectivity index (χ3v) is 8.77. The summed E-state index contributed by atoms with van der Waals surface area (Å²) in [5, 5.41) is 0. The van der Waals surface area contributed by atoms with Crippen LogP contribution in [-0.2, 0) is 5.41 Å². The van der Waals surface area contributed by atoms with E-state index >= 15 is 0 Å². The summed E-state index contributed by atoms with van der Waals surface area (Å²) in [6.07, 6.45) is 10.6. The van der Waals surface area contributed by atoms with E-state index in [1.165, 1.54) is 53.7 Å². The van der Waals surface area contributed by atoms with Crippen molar-refractivity contribution < 1.29 is 0 Å². The summed E-state index contributed by atoms with van der Waals surface area (Å²) in [6.45, 7) is 4.72. The topological polar surface area (TPSA) is 3.24 Å². The molecule has 32 heavy (non-hydrogen) atoms. The van der Waals surface area contributed by atoms with Crippen LogP contribution < -0.4 is 4.90 Å². The van der Waals surface area contributed by atoms with E-state index in [-0.39, 0.29) is 5.41 Å². The molecule has 1 heterocycles. The quantitative estimate of drug-likeness (QED) is 0.276. The molecular weight excluding hydrogens is 405 g/mol. The Labute approximate surface area is 195 Å². The fourth-order valence-electron chi connectivity index (χ4n) is 5.54. The largest absolute Gasteiger partial charge is 0.338 e. The SMILES string of the molecule is CCC(C)(CP)c1ccc2c(c1)C1CCCC1N2c1ccc(/C=C/c2ccccc2)cc1. The Morgan fingerprint density at radius 1 is 0.938 bits per heavy atom. The van der Waals surface area contributed by atoms with Crippen LogP contribution in [0.15, 0.2) is 72.8 Å². The highest BCUT2D eigenvalue weighted by atomic mass is 31.0. The standard InChI is InChI=1S/C30H34NP/c1-3-30(2,21-32)24-16-19-29-27(20-24)26-10-7-11-28(26)31(29)25-17-14-23(15-18-25)13-12-22-8-5-4-6-9-22/h4-6,8-9,12-20,26,28H,3,7,10-11,21,32H2,1-2H3/b13-12+. The molecule has 164 valence electrons. The van der Waals surface area contributed by atoms with Gasteiger partial charge in [-0.15, -0.1) is 9.24 Å². The molecule has 1 saturated carbocycles. The third kappa shape index (κ3) is 3.82. The van der Waals surface area contributed by atoms with Gasteiger partial charge in [-0.1, -0.05) is 87.0 Å². The minimum atomic E-state index is 0.244. The molecular formula is C30H34NP. The van der Waals surface area contributed by atoms with Crippen LogP contribution in [0.4, 0.5) is 11.4 Å². The molecule has 0 aromatic heterocycles. The van der Waals surface area contributed by atoms with Crippen LogP contribution in [-0.4, -0.2) is 12.2 Å². The van der Waals surface area contributed by atoms with Crippen LogP contribution in [0, 0.1) is 0 Å². The van der Waals surface area contributed by atoms with E-state index < -0.39 is 0 Å². The monoisotopic (exact) mass is 439 g/mol. The normalized spacial score (nSPS) is 21.5. The van der Waals surface area contributed by atoms with Gasteiger partial charge >= 0.3 is 0 Å². The summed E-state index contributed by atoms with van der Waals surface area (Å²) in [7, 11) is 2.97. The highest BCUT2D eigenvalue weighted by Crippen LogP contribution is 2.53. The molecule has 0 bridgehead atoms. The summed E-state index contributed by atoms with van der Waals surface area (Å²) >= 11 is 0. The van der Waals surface area contributed by atoms with Crippen LogP contribution in [0.2, 0.25) is 0 Å². The Morgan fingerprint density at radius 3 is 2.34 bits per heavy atom. The van der Waals surface area contributed by atoms with Crippen LogP contribution >= 0.6 is 9.24 Å². The van der Waals surface area contributed by atoms with Crippen molar-refractivity contribution >= 4 is 32.8 Å². The van der Waals surface area contributed by atoms with E-state index in [1.807, 2.05) is 0 Å². The van der Waals surface area contributed by atoms with Crippen molar-refractivity contribution in [3.63, 3.8) is 0 Å². The molecule has 2 heteroatoms. The maximum atomic E-state index is 2.97. The van der Waals surface area contributed by atoms with Crippen LogP contribution in [0.1, 0.15) is 67.7 Å². The predicted molar refractivity (Wildman–Crippen MR) is 143 cm³/mol. The van der Waals surface area contributed by atoms with Gasteiger partial charge in [0.05, 0.1) is 0 Å². The third-order valence-electron chi connectivity index (χ3n) is 7.86. The van der Waals surface area contributed by atoms with Gasteiger partial charge in [-0.25, -0.2) is 0 Å². The number of benzene rings is 3. The molecule has 0 amide bonds. The molecule has 0 saturated heterocycles. The first kappa shape index (κ1) is 21.5. The van der Waals surface area contributed by atoms with Crippen molar-refractivity contribution in [3.8, 4) is 0 Å². The molecule has 1 fully saturated rings. The van der Waals surface area contributed by atoms with Gasteiger partial charge in [-0.3, -0.25) is 0 Å². The van der Waals surface area contributed by atoms with Crippen molar-refractivity contribution in [1.29, 1.82) is 0 Å². The van der Waals surface area contributed by atoms with Gasteiger partial charge in [0.2, 0.25) is 0 Å². The molecule has 1 aliphatic heterocycles. The molecule has 3 aromatic carbocycles. The van der Waals surface area contributed by atoms with Gasteiger partial charge in [0, 0.05) is 23.3 Å². The van der Waals surface area contributed by atoms with Gasteiger partial charge in [-0.2, -0.15) is 0 Å². The van der Waals surface area contributed by atoms with Gasteiger partial charge in [0.1, 0.15) is 0 Å². The maximum absolute atomic E-state index is 2.97. The number of nitrogens with zero attached hydrogens (tertiary/aromatic N) is 1. The molecule has 4 unspecified atom stereocenters. The lowest BCUT2D eigenvalue weighted by Crippen LogP contribution is -2.26. The van der Waals surface area contributed by atoms with E-state index in [0.29, 0.717) is 12.0 Å². The van der Waals surface area contributed by atoms with Crippen molar-refractivity contribution in [2.45, 2.75) is 56.9 Å². The predicted octanol–water partition coefficient (Wildman–Crippen LogP) is 8.19. The molecule has 0 N–H and O–H groups in total. The summed E-state index contributed by atoms with van der Waals surface area (Å²) in [5.74, 6) is 0.674. The van der Waals surface area contributed by atoms with E-state index in [1.54, 1.807) is 5.56 Å². The zero-order valence-electron chi connectivity index (χ0n) is 19.3. The van der Waals surface area contributed by atoms with Crippen molar-refractivity contribution in [2.24, 2.45) is 0 Å². The summed E-state index contributed by atoms with van der Waals surface area (Å²) in [4.78, 5) is 2.63. The van der Waals surface area contributed by atoms with Crippen molar-refractivity contribution in [1.82, 2.24) is 0 Å². The minimum Gasteiger partial charge on any atom is -0.338 e. The molecule has 0 radical (unpaired) electrons. The lowest BCUT2D eigenvalue weighted by atomic mass is 9.80. The minimum absolute atomic E-state index is 0.244. The van der Waals surface area contributed by atoms with E-state index in [9.17, 15) is 0 Å². The second-order valence-corrected chi connectivity index (χ2v) is 10.1. The summed E-state index contributed by atoms with van der Waals surface area (Å²) < 4.78 is 0. The first-order valence-electron chi connectivity index (χ1n) is 12.1. The Morgan fingerprint density at radius 2 is 1.66 bits per heavy atom. The Balaban J connectivity index is 1.45. The molecule has 4 atom stereocenters. The number of hydrogen-bond acceptors (Lipinski definition) is 1. The summed E-state index contributed by atoms with van der Waals surface area (Å²) in [5.41, 5.74) is 8.56. The second kappa shape index (κ2) is 8.87. The first-order chi connectivity index (χ1) is 15.6.